The summed E-state index contributed by atoms with van der Waals surface area (Å²) in [6.45, 7) is 0. The largest absolute Gasteiger partial charge is 0.508 e. The minimum atomic E-state index is 0.269. The lowest BCUT2D eigenvalue weighted by molar-refractivity contribution is 0.475. The van der Waals surface area contributed by atoms with Gasteiger partial charge in [0.05, 0.1) is 10.2 Å². The standard InChI is InChI=1S/C20H14BrN3O/c21-19-13-24(23-20(19)16-9-11-22-12-10-16)17-5-1-14(2-6-17)15-3-7-18(25)8-4-15/h1-13,25H. The van der Waals surface area contributed by atoms with Gasteiger partial charge in [-0.2, -0.15) is 5.10 Å². The van der Waals surface area contributed by atoms with E-state index >= 15 is 0 Å². The van der Waals surface area contributed by atoms with Crippen LogP contribution < -0.4 is 0 Å². The molecule has 1 N–H and O–H groups in total. The molecule has 2 aromatic carbocycles. The van der Waals surface area contributed by atoms with Crippen molar-refractivity contribution in [2.75, 3.05) is 0 Å². The Balaban J connectivity index is 1.66. The third kappa shape index (κ3) is 3.19. The van der Waals surface area contributed by atoms with Gasteiger partial charge in [-0.05, 0) is 63.5 Å². The number of aromatic hydroxyl groups is 1. The zero-order valence-electron chi connectivity index (χ0n) is 13.2. The minimum absolute atomic E-state index is 0.269. The third-order valence-corrected chi connectivity index (χ3v) is 4.54. The fraction of sp³-hybridized carbons (Fsp3) is 0. The van der Waals surface area contributed by atoms with Crippen LogP contribution in [0.2, 0.25) is 0 Å². The Bertz CT molecular complexity index is 994. The molecule has 25 heavy (non-hydrogen) atoms. The molecule has 0 radical (unpaired) electrons. The summed E-state index contributed by atoms with van der Waals surface area (Å²) >= 11 is 3.58. The van der Waals surface area contributed by atoms with Crippen LogP contribution in [0.4, 0.5) is 0 Å². The number of hydrogen-bond donors (Lipinski definition) is 1. The summed E-state index contributed by atoms with van der Waals surface area (Å²) in [5.74, 6) is 0.269. The molecule has 0 fully saturated rings. The van der Waals surface area contributed by atoms with Gasteiger partial charge in [0.15, 0.2) is 0 Å². The maximum Gasteiger partial charge on any atom is 0.115 e. The van der Waals surface area contributed by atoms with Gasteiger partial charge in [-0.1, -0.05) is 24.3 Å². The van der Waals surface area contributed by atoms with E-state index < -0.39 is 0 Å². The van der Waals surface area contributed by atoms with E-state index in [1.165, 1.54) is 0 Å². The van der Waals surface area contributed by atoms with E-state index in [-0.39, 0.29) is 5.75 Å². The molecule has 2 heterocycles. The molecule has 0 saturated carbocycles. The summed E-state index contributed by atoms with van der Waals surface area (Å²) in [5, 5.41) is 14.1. The van der Waals surface area contributed by atoms with Crippen molar-refractivity contribution < 1.29 is 5.11 Å². The highest BCUT2D eigenvalue weighted by molar-refractivity contribution is 9.10. The van der Waals surface area contributed by atoms with Crippen molar-refractivity contribution in [3.63, 3.8) is 0 Å². The van der Waals surface area contributed by atoms with Crippen LogP contribution in [0, 0.1) is 0 Å². The average molecular weight is 392 g/mol. The van der Waals surface area contributed by atoms with Crippen molar-refractivity contribution in [2.45, 2.75) is 0 Å². The Hall–Kier alpha value is -2.92. The van der Waals surface area contributed by atoms with Crippen LogP contribution in [0.15, 0.2) is 83.7 Å². The molecule has 0 aliphatic carbocycles. The van der Waals surface area contributed by atoms with Crippen molar-refractivity contribution in [1.29, 1.82) is 0 Å². The van der Waals surface area contributed by atoms with Crippen molar-refractivity contribution in [3.05, 3.63) is 83.7 Å². The van der Waals surface area contributed by atoms with Crippen LogP contribution in [0.5, 0.6) is 5.75 Å². The summed E-state index contributed by atoms with van der Waals surface area (Å²) in [5.41, 5.74) is 5.02. The fourth-order valence-corrected chi connectivity index (χ4v) is 3.15. The Labute approximate surface area is 153 Å². The van der Waals surface area contributed by atoms with E-state index in [0.29, 0.717) is 0 Å². The zero-order valence-corrected chi connectivity index (χ0v) is 14.8. The van der Waals surface area contributed by atoms with Gasteiger partial charge in [0.25, 0.3) is 0 Å². The molecule has 5 heteroatoms. The fourth-order valence-electron chi connectivity index (χ4n) is 2.65. The molecular formula is C20H14BrN3O. The number of rotatable bonds is 3. The second kappa shape index (κ2) is 6.53. The molecule has 4 nitrogen and oxygen atoms in total. The van der Waals surface area contributed by atoms with Gasteiger partial charge in [0.1, 0.15) is 11.4 Å². The van der Waals surface area contributed by atoms with Crippen LogP contribution in [0.1, 0.15) is 0 Å². The lowest BCUT2D eigenvalue weighted by Crippen LogP contribution is -1.94. The van der Waals surface area contributed by atoms with Gasteiger partial charge < -0.3 is 5.11 Å². The Morgan fingerprint density at radius 3 is 2.00 bits per heavy atom. The zero-order chi connectivity index (χ0) is 17.2. The molecule has 0 aliphatic rings. The summed E-state index contributed by atoms with van der Waals surface area (Å²) in [6.07, 6.45) is 5.46. The molecule has 0 bridgehead atoms. The number of hydrogen-bond acceptors (Lipinski definition) is 3. The SMILES string of the molecule is Oc1ccc(-c2ccc(-n3cc(Br)c(-c4ccncc4)n3)cc2)cc1. The van der Waals surface area contributed by atoms with Gasteiger partial charge in [0.2, 0.25) is 0 Å². The first-order valence-corrected chi connectivity index (χ1v) is 8.55. The molecular weight excluding hydrogens is 378 g/mol. The molecule has 4 rings (SSSR count). The van der Waals surface area contributed by atoms with Crippen molar-refractivity contribution in [2.24, 2.45) is 0 Å². The highest BCUT2D eigenvalue weighted by Crippen LogP contribution is 2.28. The van der Waals surface area contributed by atoms with Crippen LogP contribution >= 0.6 is 15.9 Å². The molecule has 2 aromatic heterocycles. The van der Waals surface area contributed by atoms with Crippen LogP contribution in [0.25, 0.3) is 28.1 Å². The van der Waals surface area contributed by atoms with E-state index in [9.17, 15) is 5.11 Å². The van der Waals surface area contributed by atoms with Gasteiger partial charge in [0, 0.05) is 24.2 Å². The summed E-state index contributed by atoms with van der Waals surface area (Å²) in [7, 11) is 0. The van der Waals surface area contributed by atoms with Crippen molar-refractivity contribution in [3.8, 4) is 33.8 Å². The smallest absolute Gasteiger partial charge is 0.115 e. The molecule has 122 valence electrons. The van der Waals surface area contributed by atoms with Gasteiger partial charge >= 0.3 is 0 Å². The number of phenols is 1. The predicted molar refractivity (Wildman–Crippen MR) is 102 cm³/mol. The monoisotopic (exact) mass is 391 g/mol. The number of benzene rings is 2. The normalized spacial score (nSPS) is 10.8. The number of phenolic OH excluding ortho intramolecular Hbond substituents is 1. The third-order valence-electron chi connectivity index (χ3n) is 3.96. The summed E-state index contributed by atoms with van der Waals surface area (Å²) in [4.78, 5) is 4.04. The predicted octanol–water partition coefficient (Wildman–Crippen LogP) is 5.07. The maximum atomic E-state index is 9.40. The van der Waals surface area contributed by atoms with E-state index in [1.54, 1.807) is 24.5 Å². The number of nitrogens with zero attached hydrogens (tertiary/aromatic N) is 3. The summed E-state index contributed by atoms with van der Waals surface area (Å²) in [6, 6.07) is 19.2. The van der Waals surface area contributed by atoms with E-state index in [0.717, 1.165) is 32.5 Å². The Morgan fingerprint density at radius 1 is 0.760 bits per heavy atom. The average Bonchev–Trinajstić information content (AvgIpc) is 3.05. The molecule has 0 aliphatic heterocycles. The van der Waals surface area contributed by atoms with E-state index in [2.05, 4.69) is 26.0 Å². The first-order chi connectivity index (χ1) is 12.2. The number of pyridine rings is 1. The second-order valence-electron chi connectivity index (χ2n) is 5.60. The topological polar surface area (TPSA) is 50.9 Å². The minimum Gasteiger partial charge on any atom is -0.508 e. The highest BCUT2D eigenvalue weighted by Gasteiger charge is 2.10. The second-order valence-corrected chi connectivity index (χ2v) is 6.45. The molecule has 0 unspecified atom stereocenters. The van der Waals surface area contributed by atoms with Crippen LogP contribution in [-0.4, -0.2) is 19.9 Å². The lowest BCUT2D eigenvalue weighted by atomic mass is 10.1. The van der Waals surface area contributed by atoms with E-state index in [4.69, 9.17) is 0 Å². The highest BCUT2D eigenvalue weighted by atomic mass is 79.9. The van der Waals surface area contributed by atoms with Crippen LogP contribution in [0.3, 0.4) is 0 Å². The Kier molecular flexibility index (Phi) is 4.07. The van der Waals surface area contributed by atoms with Crippen LogP contribution in [-0.2, 0) is 0 Å². The number of halogens is 1. The maximum absolute atomic E-state index is 9.40. The van der Waals surface area contributed by atoms with Crippen molar-refractivity contribution >= 4 is 15.9 Å². The molecule has 4 aromatic rings. The molecule has 0 atom stereocenters. The molecule has 0 spiro atoms. The van der Waals surface area contributed by atoms with Gasteiger partial charge in [-0.3, -0.25) is 4.98 Å². The van der Waals surface area contributed by atoms with E-state index in [1.807, 2.05) is 59.4 Å². The van der Waals surface area contributed by atoms with Crippen molar-refractivity contribution in [1.82, 2.24) is 14.8 Å². The van der Waals surface area contributed by atoms with Gasteiger partial charge in [-0.15, -0.1) is 0 Å². The lowest BCUT2D eigenvalue weighted by Gasteiger charge is -2.05. The first-order valence-electron chi connectivity index (χ1n) is 7.76. The number of aromatic nitrogens is 3. The van der Waals surface area contributed by atoms with Gasteiger partial charge in [-0.25, -0.2) is 4.68 Å². The molecule has 0 amide bonds. The first kappa shape index (κ1) is 15.6. The Morgan fingerprint density at radius 2 is 1.36 bits per heavy atom. The summed E-state index contributed by atoms with van der Waals surface area (Å²) < 4.78 is 2.78. The molecule has 0 saturated heterocycles. The quantitative estimate of drug-likeness (QED) is 0.530.